The molecule has 19 heavy (non-hydrogen) atoms. The molecule has 1 aliphatic carbocycles. The molecule has 1 fully saturated rings. The first-order valence-electron chi connectivity index (χ1n) is 6.56. The van der Waals surface area contributed by atoms with Gasteiger partial charge >= 0.3 is 0 Å². The van der Waals surface area contributed by atoms with Crippen LogP contribution in [0, 0.1) is 5.82 Å². The van der Waals surface area contributed by atoms with E-state index in [1.54, 1.807) is 12.1 Å². The zero-order valence-electron chi connectivity index (χ0n) is 10.5. The van der Waals surface area contributed by atoms with Gasteiger partial charge in [-0.05, 0) is 30.5 Å². The molecule has 0 saturated heterocycles. The Morgan fingerprint density at radius 2 is 2.00 bits per heavy atom. The van der Waals surface area contributed by atoms with Crippen LogP contribution >= 0.6 is 0 Å². The minimum absolute atomic E-state index is 0.168. The lowest BCUT2D eigenvalue weighted by atomic mass is 10.2. The number of fused-ring (bicyclic) bond motifs is 1. The molecule has 0 amide bonds. The molecule has 2 aliphatic rings. The maximum Gasteiger partial charge on any atom is 0.207 e. The molecule has 3 nitrogen and oxygen atoms in total. The third-order valence-electron chi connectivity index (χ3n) is 3.85. The molecule has 1 aromatic carbocycles. The quantitative estimate of drug-likeness (QED) is 0.926. The minimum atomic E-state index is -3.65. The highest BCUT2D eigenvalue weighted by Gasteiger charge is 2.32. The van der Waals surface area contributed by atoms with Crippen molar-refractivity contribution in [1.82, 2.24) is 5.32 Å². The Hall–Kier alpha value is -1.20. The van der Waals surface area contributed by atoms with Crippen molar-refractivity contribution >= 4 is 15.9 Å². The average molecular weight is 281 g/mol. The summed E-state index contributed by atoms with van der Waals surface area (Å²) >= 11 is 0. The van der Waals surface area contributed by atoms with Crippen molar-refractivity contribution in [3.05, 3.63) is 34.5 Å². The van der Waals surface area contributed by atoms with Crippen LogP contribution in [-0.2, 0) is 9.84 Å². The largest absolute Gasteiger partial charge is 0.309 e. The summed E-state index contributed by atoms with van der Waals surface area (Å²) in [7, 11) is -3.65. The van der Waals surface area contributed by atoms with E-state index >= 15 is 0 Å². The Morgan fingerprint density at radius 3 is 2.68 bits per heavy atom. The van der Waals surface area contributed by atoms with E-state index < -0.39 is 15.7 Å². The van der Waals surface area contributed by atoms with Gasteiger partial charge in [-0.1, -0.05) is 25.0 Å². The van der Waals surface area contributed by atoms with Gasteiger partial charge in [0.1, 0.15) is 10.7 Å². The fourth-order valence-corrected chi connectivity index (χ4v) is 4.41. The van der Waals surface area contributed by atoms with Gasteiger partial charge in [-0.3, -0.25) is 0 Å². The summed E-state index contributed by atoms with van der Waals surface area (Å²) in [5.74, 6) is -0.662. The smallest absolute Gasteiger partial charge is 0.207 e. The second-order valence-electron chi connectivity index (χ2n) is 5.13. The molecule has 0 aromatic heterocycles. The van der Waals surface area contributed by atoms with Crippen molar-refractivity contribution in [3.63, 3.8) is 0 Å². The lowest BCUT2D eigenvalue weighted by Crippen LogP contribution is -2.29. The zero-order valence-corrected chi connectivity index (χ0v) is 11.3. The van der Waals surface area contributed by atoms with Crippen LogP contribution in [-0.4, -0.2) is 21.0 Å². The van der Waals surface area contributed by atoms with Gasteiger partial charge in [0.05, 0.1) is 4.91 Å². The first kappa shape index (κ1) is 12.8. The van der Waals surface area contributed by atoms with Crippen molar-refractivity contribution in [2.75, 3.05) is 6.54 Å². The van der Waals surface area contributed by atoms with Gasteiger partial charge in [0.2, 0.25) is 9.84 Å². The minimum Gasteiger partial charge on any atom is -0.309 e. The van der Waals surface area contributed by atoms with Gasteiger partial charge < -0.3 is 5.32 Å². The number of halogens is 1. The fourth-order valence-electron chi connectivity index (χ4n) is 2.83. The van der Waals surface area contributed by atoms with E-state index in [0.717, 1.165) is 12.8 Å². The number of hydrogen-bond donors (Lipinski definition) is 1. The van der Waals surface area contributed by atoms with Gasteiger partial charge in [0.15, 0.2) is 0 Å². The Kier molecular flexibility index (Phi) is 3.19. The zero-order chi connectivity index (χ0) is 13.5. The predicted octanol–water partition coefficient (Wildman–Crippen LogP) is 2.49. The van der Waals surface area contributed by atoms with E-state index in [9.17, 15) is 12.8 Å². The summed E-state index contributed by atoms with van der Waals surface area (Å²) in [6, 6.07) is 4.76. The number of benzene rings is 1. The van der Waals surface area contributed by atoms with Gasteiger partial charge in [0, 0.05) is 12.6 Å². The average Bonchev–Trinajstić information content (AvgIpc) is 2.94. The normalized spacial score (nSPS) is 21.4. The summed E-state index contributed by atoms with van der Waals surface area (Å²) in [6.45, 7) is 0.293. The number of nitrogens with one attached hydrogen (secondary N) is 1. The number of sulfone groups is 1. The topological polar surface area (TPSA) is 46.2 Å². The van der Waals surface area contributed by atoms with E-state index in [1.165, 1.54) is 25.0 Å². The third kappa shape index (κ3) is 2.21. The van der Waals surface area contributed by atoms with Crippen LogP contribution in [0.4, 0.5) is 4.39 Å². The summed E-state index contributed by atoms with van der Waals surface area (Å²) in [4.78, 5) is 0.109. The molecular weight excluding hydrogens is 265 g/mol. The van der Waals surface area contributed by atoms with Gasteiger partial charge in [-0.15, -0.1) is 0 Å². The highest BCUT2D eigenvalue weighted by molar-refractivity contribution is 7.95. The van der Waals surface area contributed by atoms with Crippen LogP contribution in [0.1, 0.15) is 31.2 Å². The lowest BCUT2D eigenvalue weighted by Gasteiger charge is -2.12. The number of rotatable bonds is 3. The standard InChI is InChI=1S/C14H16FNO2S/c15-13-7-3-4-10-8-12(19(17,18)14(10)13)9-16-11-5-1-2-6-11/h3-4,7-8,11,16H,1-2,5-6,9H2. The molecule has 0 atom stereocenters. The maximum absolute atomic E-state index is 13.7. The summed E-state index contributed by atoms with van der Waals surface area (Å²) in [5.41, 5.74) is 0.461. The molecule has 0 spiro atoms. The van der Waals surface area contributed by atoms with Crippen molar-refractivity contribution in [3.8, 4) is 0 Å². The van der Waals surface area contributed by atoms with E-state index in [0.29, 0.717) is 18.2 Å². The highest BCUT2D eigenvalue weighted by atomic mass is 32.2. The summed E-state index contributed by atoms with van der Waals surface area (Å²) in [6.07, 6.45) is 6.15. The Morgan fingerprint density at radius 1 is 1.26 bits per heavy atom. The highest BCUT2D eigenvalue weighted by Crippen LogP contribution is 2.34. The molecule has 1 saturated carbocycles. The van der Waals surface area contributed by atoms with Crippen LogP contribution in [0.25, 0.3) is 6.08 Å². The second kappa shape index (κ2) is 4.72. The molecule has 0 radical (unpaired) electrons. The van der Waals surface area contributed by atoms with Crippen LogP contribution in [0.15, 0.2) is 28.0 Å². The second-order valence-corrected chi connectivity index (χ2v) is 7.07. The third-order valence-corrected chi connectivity index (χ3v) is 5.77. The number of hydrogen-bond acceptors (Lipinski definition) is 3. The Labute approximate surface area is 112 Å². The van der Waals surface area contributed by atoms with Crippen molar-refractivity contribution in [2.45, 2.75) is 36.6 Å². The summed E-state index contributed by atoms with van der Waals surface area (Å²) < 4.78 is 38.2. The molecule has 0 bridgehead atoms. The van der Waals surface area contributed by atoms with E-state index in [4.69, 9.17) is 0 Å². The molecule has 1 aliphatic heterocycles. The van der Waals surface area contributed by atoms with Crippen LogP contribution < -0.4 is 5.32 Å². The predicted molar refractivity (Wildman–Crippen MR) is 71.8 cm³/mol. The van der Waals surface area contributed by atoms with E-state index in [-0.39, 0.29) is 9.80 Å². The first-order chi connectivity index (χ1) is 9.09. The van der Waals surface area contributed by atoms with Crippen molar-refractivity contribution in [2.24, 2.45) is 0 Å². The van der Waals surface area contributed by atoms with E-state index in [2.05, 4.69) is 5.32 Å². The monoisotopic (exact) mass is 281 g/mol. The molecule has 1 heterocycles. The Balaban J connectivity index is 1.83. The SMILES string of the molecule is O=S1(=O)C(CNC2CCCC2)=Cc2cccc(F)c21. The summed E-state index contributed by atoms with van der Waals surface area (Å²) in [5, 5.41) is 3.26. The maximum atomic E-state index is 13.7. The molecule has 5 heteroatoms. The first-order valence-corrected chi connectivity index (χ1v) is 8.05. The fraction of sp³-hybridized carbons (Fsp3) is 0.429. The molecule has 1 aromatic rings. The van der Waals surface area contributed by atoms with Crippen molar-refractivity contribution < 1.29 is 12.8 Å². The molecule has 102 valence electrons. The van der Waals surface area contributed by atoms with Gasteiger partial charge in [-0.2, -0.15) is 0 Å². The van der Waals surface area contributed by atoms with Gasteiger partial charge in [0.25, 0.3) is 0 Å². The van der Waals surface area contributed by atoms with Crippen molar-refractivity contribution in [1.29, 1.82) is 0 Å². The Bertz CT molecular complexity index is 631. The van der Waals surface area contributed by atoms with Crippen LogP contribution in [0.2, 0.25) is 0 Å². The molecule has 3 rings (SSSR count). The molecule has 0 unspecified atom stereocenters. The van der Waals surface area contributed by atoms with Crippen LogP contribution in [0.5, 0.6) is 0 Å². The lowest BCUT2D eigenvalue weighted by molar-refractivity contribution is 0.548. The van der Waals surface area contributed by atoms with E-state index in [1.807, 2.05) is 0 Å². The van der Waals surface area contributed by atoms with Crippen LogP contribution in [0.3, 0.4) is 0 Å². The molecule has 1 N–H and O–H groups in total. The molecular formula is C14H16FNO2S. The van der Waals surface area contributed by atoms with Gasteiger partial charge in [-0.25, -0.2) is 12.8 Å².